The summed E-state index contributed by atoms with van der Waals surface area (Å²) in [6, 6.07) is -0.152. The highest BCUT2D eigenvalue weighted by molar-refractivity contribution is 5.85. The molecule has 0 aromatic rings. The van der Waals surface area contributed by atoms with Crippen LogP contribution < -0.4 is 10.7 Å². The van der Waals surface area contributed by atoms with Gasteiger partial charge in [0.25, 0.3) is 0 Å². The molecule has 0 aromatic carbocycles. The molecule has 0 aromatic heterocycles. The van der Waals surface area contributed by atoms with Crippen molar-refractivity contribution < 1.29 is 9.79 Å². The van der Waals surface area contributed by atoms with Gasteiger partial charge in [-0.25, -0.2) is 9.79 Å². The Morgan fingerprint density at radius 3 is 3.09 bits per heavy atom. The Balaban J connectivity index is 2.84. The first-order chi connectivity index (χ1) is 5.15. The minimum Gasteiger partial charge on any atom is -0.322 e. The van der Waals surface area contributed by atoms with Crippen molar-refractivity contribution in [3.8, 4) is 0 Å². The Morgan fingerprint density at radius 2 is 2.55 bits per heavy atom. The standard InChI is InChI=1S/C7H11N3O/c1-3-5-4-10(2)7(11)9-6(5)8/h3,5H,1,4H2,2H3,(H2,8,9,11)/p+1. The number of hydrogen-bond acceptors (Lipinski definition) is 2. The number of carbonyl (C=O) groups is 1. The summed E-state index contributed by atoms with van der Waals surface area (Å²) in [5.74, 6) is 0.556. The highest BCUT2D eigenvalue weighted by atomic mass is 16.2. The van der Waals surface area contributed by atoms with Crippen LogP contribution in [0, 0.1) is 5.92 Å². The van der Waals surface area contributed by atoms with E-state index >= 15 is 0 Å². The van der Waals surface area contributed by atoms with E-state index in [2.05, 4.69) is 11.6 Å². The maximum atomic E-state index is 10.9. The lowest BCUT2D eigenvalue weighted by atomic mass is 10.1. The molecule has 1 unspecified atom stereocenters. The van der Waals surface area contributed by atoms with Crippen LogP contribution in [0.4, 0.5) is 4.79 Å². The van der Waals surface area contributed by atoms with Crippen molar-refractivity contribution in [2.45, 2.75) is 0 Å². The van der Waals surface area contributed by atoms with E-state index in [0.717, 1.165) is 0 Å². The van der Waals surface area contributed by atoms with Gasteiger partial charge in [-0.05, 0) is 0 Å². The molecule has 0 spiro atoms. The van der Waals surface area contributed by atoms with E-state index in [0.29, 0.717) is 12.4 Å². The number of nitrogens with two attached hydrogens (primary N) is 1. The van der Waals surface area contributed by atoms with E-state index < -0.39 is 0 Å². The summed E-state index contributed by atoms with van der Waals surface area (Å²) >= 11 is 0. The number of nitrogens with zero attached hydrogens (tertiary/aromatic N) is 1. The summed E-state index contributed by atoms with van der Waals surface area (Å²) in [6.07, 6.45) is 1.73. The molecule has 60 valence electrons. The fourth-order valence-electron chi connectivity index (χ4n) is 0.989. The summed E-state index contributed by atoms with van der Waals surface area (Å²) < 4.78 is 0. The zero-order chi connectivity index (χ0) is 8.43. The molecular formula is C7H12N3O+. The molecule has 2 amide bonds. The Kier molecular flexibility index (Phi) is 1.94. The number of amides is 2. The van der Waals surface area contributed by atoms with Crippen LogP contribution in [0.2, 0.25) is 0 Å². The number of carbonyl (C=O) groups excluding carboxylic acids is 1. The van der Waals surface area contributed by atoms with Gasteiger partial charge in [-0.3, -0.25) is 4.90 Å². The first kappa shape index (κ1) is 7.78. The highest BCUT2D eigenvalue weighted by Crippen LogP contribution is 1.99. The van der Waals surface area contributed by atoms with Crippen molar-refractivity contribution in [2.75, 3.05) is 13.6 Å². The quantitative estimate of drug-likeness (QED) is 0.442. The number of rotatable bonds is 1. The summed E-state index contributed by atoms with van der Waals surface area (Å²) in [6.45, 7) is 4.23. The minimum atomic E-state index is -0.152. The third-order valence-corrected chi connectivity index (χ3v) is 1.75. The average Bonchev–Trinajstić information content (AvgIpc) is 1.97. The van der Waals surface area contributed by atoms with Gasteiger partial charge in [-0.1, -0.05) is 6.08 Å². The Bertz CT molecular complexity index is 222. The van der Waals surface area contributed by atoms with Gasteiger partial charge in [0.05, 0.1) is 19.5 Å². The Labute approximate surface area is 65.4 Å². The van der Waals surface area contributed by atoms with Gasteiger partial charge < -0.3 is 5.73 Å². The summed E-state index contributed by atoms with van der Waals surface area (Å²) in [5, 5.41) is 0. The smallest absolute Gasteiger partial charge is 0.322 e. The molecule has 1 aliphatic heterocycles. The van der Waals surface area contributed by atoms with Crippen molar-refractivity contribution in [3.05, 3.63) is 12.7 Å². The number of urea groups is 1. The van der Waals surface area contributed by atoms with Gasteiger partial charge in [0, 0.05) is 0 Å². The van der Waals surface area contributed by atoms with E-state index in [9.17, 15) is 4.79 Å². The lowest BCUT2D eigenvalue weighted by molar-refractivity contribution is -0.364. The summed E-state index contributed by atoms with van der Waals surface area (Å²) in [5.41, 5.74) is 5.53. The van der Waals surface area contributed by atoms with Crippen LogP contribution in [0.3, 0.4) is 0 Å². The van der Waals surface area contributed by atoms with E-state index in [1.807, 2.05) is 0 Å². The lowest BCUT2D eigenvalue weighted by Crippen LogP contribution is -2.86. The van der Waals surface area contributed by atoms with Crippen LogP contribution in [0.5, 0.6) is 0 Å². The summed E-state index contributed by atoms with van der Waals surface area (Å²) in [4.78, 5) is 15.1. The number of nitrogens with one attached hydrogen (secondary N) is 1. The van der Waals surface area contributed by atoms with E-state index in [4.69, 9.17) is 5.73 Å². The number of amidine groups is 1. The van der Waals surface area contributed by atoms with E-state index in [-0.39, 0.29) is 11.9 Å². The molecular weight excluding hydrogens is 142 g/mol. The van der Waals surface area contributed by atoms with Crippen LogP contribution in [-0.4, -0.2) is 30.4 Å². The lowest BCUT2D eigenvalue weighted by Gasteiger charge is -2.19. The molecule has 0 saturated carbocycles. The van der Waals surface area contributed by atoms with Crippen LogP contribution in [0.15, 0.2) is 12.7 Å². The molecule has 11 heavy (non-hydrogen) atoms. The third kappa shape index (κ3) is 1.39. The van der Waals surface area contributed by atoms with Crippen molar-refractivity contribution in [3.63, 3.8) is 0 Å². The molecule has 0 saturated heterocycles. The van der Waals surface area contributed by atoms with Gasteiger partial charge >= 0.3 is 6.03 Å². The van der Waals surface area contributed by atoms with Gasteiger partial charge in [0.2, 0.25) is 5.84 Å². The van der Waals surface area contributed by atoms with Crippen molar-refractivity contribution in [1.29, 1.82) is 0 Å². The molecule has 3 N–H and O–H groups in total. The molecule has 4 heteroatoms. The SMILES string of the molecule is C=CC1CN(C)C(=O)[NH+]=C1N. The second-order valence-corrected chi connectivity index (χ2v) is 2.61. The molecule has 1 atom stereocenters. The molecule has 0 radical (unpaired) electrons. The molecule has 1 aliphatic rings. The molecule has 4 nitrogen and oxygen atoms in total. The molecule has 0 fully saturated rings. The largest absolute Gasteiger partial charge is 0.435 e. The second kappa shape index (κ2) is 2.74. The van der Waals surface area contributed by atoms with Gasteiger partial charge in [0.1, 0.15) is 0 Å². The zero-order valence-corrected chi connectivity index (χ0v) is 6.50. The van der Waals surface area contributed by atoms with Crippen molar-refractivity contribution in [1.82, 2.24) is 4.90 Å². The second-order valence-electron chi connectivity index (χ2n) is 2.61. The predicted octanol–water partition coefficient (Wildman–Crippen LogP) is -1.71. The third-order valence-electron chi connectivity index (χ3n) is 1.75. The van der Waals surface area contributed by atoms with Crippen molar-refractivity contribution in [2.24, 2.45) is 11.7 Å². The predicted molar refractivity (Wildman–Crippen MR) is 41.9 cm³/mol. The Hall–Kier alpha value is -1.32. The molecule has 1 rings (SSSR count). The Morgan fingerprint density at radius 1 is 1.91 bits per heavy atom. The fourth-order valence-corrected chi connectivity index (χ4v) is 0.989. The van der Waals surface area contributed by atoms with Crippen molar-refractivity contribution >= 4 is 11.9 Å². The fraction of sp³-hybridized carbons (Fsp3) is 0.429. The molecule has 0 bridgehead atoms. The molecule has 1 heterocycles. The highest BCUT2D eigenvalue weighted by Gasteiger charge is 2.27. The van der Waals surface area contributed by atoms with Gasteiger partial charge in [-0.15, -0.1) is 6.58 Å². The van der Waals surface area contributed by atoms with Crippen LogP contribution >= 0.6 is 0 Å². The van der Waals surface area contributed by atoms with Gasteiger partial charge in [0.15, 0.2) is 0 Å². The number of hydrogen-bond donors (Lipinski definition) is 2. The van der Waals surface area contributed by atoms with E-state index in [1.54, 1.807) is 18.0 Å². The summed E-state index contributed by atoms with van der Waals surface area (Å²) in [7, 11) is 1.72. The van der Waals surface area contributed by atoms with Gasteiger partial charge in [-0.2, -0.15) is 0 Å². The topological polar surface area (TPSA) is 60.3 Å². The maximum absolute atomic E-state index is 10.9. The average molecular weight is 154 g/mol. The van der Waals surface area contributed by atoms with E-state index in [1.165, 1.54) is 0 Å². The van der Waals surface area contributed by atoms with Crippen LogP contribution in [-0.2, 0) is 0 Å². The first-order valence-electron chi connectivity index (χ1n) is 3.42. The zero-order valence-electron chi connectivity index (χ0n) is 6.50. The van der Waals surface area contributed by atoms with Crippen LogP contribution in [0.25, 0.3) is 0 Å². The normalized spacial score (nSPS) is 24.8. The maximum Gasteiger partial charge on any atom is 0.435 e. The first-order valence-corrected chi connectivity index (χ1v) is 3.42. The minimum absolute atomic E-state index is 0.0673. The molecule has 0 aliphatic carbocycles. The monoisotopic (exact) mass is 154 g/mol. The van der Waals surface area contributed by atoms with Crippen LogP contribution in [0.1, 0.15) is 0 Å².